The third kappa shape index (κ3) is 6.28. The lowest BCUT2D eigenvalue weighted by molar-refractivity contribution is 0.246. The van der Waals surface area contributed by atoms with E-state index < -0.39 is 46.0 Å². The highest BCUT2D eigenvalue weighted by atomic mass is 16.5. The molecule has 0 spiro atoms. The first-order valence-electron chi connectivity index (χ1n) is 20.3. The summed E-state index contributed by atoms with van der Waals surface area (Å²) in [6, 6.07) is 9.56. The van der Waals surface area contributed by atoms with Crippen molar-refractivity contribution in [2.75, 3.05) is 28.4 Å². The highest BCUT2D eigenvalue weighted by molar-refractivity contribution is 5.80. The first kappa shape index (κ1) is 41.5. The molecule has 2 aliphatic heterocycles. The maximum atomic E-state index is 14.5. The number of phenolic OH excluding ortho intramolecular Hbond substituents is 1. The Morgan fingerprint density at radius 1 is 0.641 bits per heavy atom. The normalized spacial score (nSPS) is 15.5. The smallest absolute Gasteiger partial charge is 0.348 e. The molecule has 7 aromatic rings. The van der Waals surface area contributed by atoms with Crippen LogP contribution in [0.25, 0.3) is 22.1 Å². The van der Waals surface area contributed by atoms with Crippen LogP contribution in [0.4, 0.5) is 0 Å². The molecule has 9 rings (SSSR count). The van der Waals surface area contributed by atoms with Gasteiger partial charge >= 0.3 is 22.8 Å². The van der Waals surface area contributed by atoms with E-state index in [9.17, 15) is 33.9 Å². The predicted octanol–water partition coefficient (Wildman–Crippen LogP) is 0.748. The van der Waals surface area contributed by atoms with Crippen molar-refractivity contribution in [3.63, 3.8) is 0 Å². The van der Waals surface area contributed by atoms with Crippen molar-refractivity contribution in [2.45, 2.75) is 58.0 Å². The van der Waals surface area contributed by atoms with E-state index >= 15 is 0 Å². The number of hydrogen-bond acceptors (Lipinski definition) is 13. The number of methoxy groups -OCH3 is 4. The lowest BCUT2D eigenvalue weighted by atomic mass is 9.89. The summed E-state index contributed by atoms with van der Waals surface area (Å²) in [6.45, 7) is 1.08. The van der Waals surface area contributed by atoms with Gasteiger partial charge in [0.15, 0.2) is 23.0 Å². The van der Waals surface area contributed by atoms with Crippen molar-refractivity contribution >= 4 is 22.1 Å². The fraction of sp³-hybridized carbons (Fsp3) is 0.349. The summed E-state index contributed by atoms with van der Waals surface area (Å²) < 4.78 is 31.7. The van der Waals surface area contributed by atoms with Crippen molar-refractivity contribution in [1.82, 2.24) is 47.0 Å². The molecule has 21 nitrogen and oxygen atoms in total. The monoisotopic (exact) mass is 876 g/mol. The lowest BCUT2D eigenvalue weighted by Gasteiger charge is -2.37. The minimum Gasteiger partial charge on any atom is -0.508 e. The van der Waals surface area contributed by atoms with E-state index in [1.165, 1.54) is 62.4 Å². The minimum absolute atomic E-state index is 0.0216. The van der Waals surface area contributed by atoms with E-state index in [2.05, 4.69) is 9.97 Å². The molecule has 0 saturated carbocycles. The van der Waals surface area contributed by atoms with Crippen LogP contribution in [0.1, 0.15) is 34.6 Å². The van der Waals surface area contributed by atoms with Crippen molar-refractivity contribution in [3.05, 3.63) is 139 Å². The van der Waals surface area contributed by atoms with Crippen molar-refractivity contribution < 1.29 is 24.1 Å². The Kier molecular flexibility index (Phi) is 10.1. The summed E-state index contributed by atoms with van der Waals surface area (Å²) in [5.41, 5.74) is 0.215. The van der Waals surface area contributed by atoms with Gasteiger partial charge in [-0.2, -0.15) is 0 Å². The van der Waals surface area contributed by atoms with Gasteiger partial charge in [-0.1, -0.05) is 12.1 Å². The summed E-state index contributed by atoms with van der Waals surface area (Å²) in [5.74, 6) is 1.67. The van der Waals surface area contributed by atoms with Crippen LogP contribution in [-0.4, -0.2) is 80.5 Å². The van der Waals surface area contributed by atoms with Crippen molar-refractivity contribution in [3.8, 4) is 28.7 Å². The van der Waals surface area contributed by atoms with E-state index in [1.54, 1.807) is 63.5 Å². The number of rotatable bonds is 11. The van der Waals surface area contributed by atoms with Gasteiger partial charge in [-0.3, -0.25) is 9.59 Å². The number of ether oxygens (including phenoxy) is 4. The average Bonchev–Trinajstić information content (AvgIpc) is 3.69. The molecule has 1 N–H and O–H groups in total. The molecule has 6 heterocycles. The minimum atomic E-state index is -0.937. The van der Waals surface area contributed by atoms with Crippen LogP contribution < -0.4 is 52.8 Å². The van der Waals surface area contributed by atoms with Gasteiger partial charge in [0, 0.05) is 64.3 Å². The van der Waals surface area contributed by atoms with E-state index in [-0.39, 0.29) is 56.2 Å². The number of allylic oxidation sites excluding steroid dienone is 2. The zero-order valence-corrected chi connectivity index (χ0v) is 36.0. The van der Waals surface area contributed by atoms with Gasteiger partial charge in [0.05, 0.1) is 69.6 Å². The number of nitrogens with zero attached hydrogens (tertiary/aromatic N) is 10. The van der Waals surface area contributed by atoms with E-state index in [0.717, 1.165) is 9.13 Å². The number of aromatic hydroxyl groups is 1. The van der Waals surface area contributed by atoms with Crippen LogP contribution in [0.15, 0.2) is 82.9 Å². The molecular formula is C43H44N10O11. The largest absolute Gasteiger partial charge is 0.508 e. The highest BCUT2D eigenvalue weighted by Gasteiger charge is 2.41. The second-order valence-corrected chi connectivity index (χ2v) is 15.7. The quantitative estimate of drug-likeness (QED) is 0.177. The second kappa shape index (κ2) is 15.5. The Bertz CT molecular complexity index is 3500. The molecule has 2 aliphatic rings. The predicted molar refractivity (Wildman–Crippen MR) is 232 cm³/mol. The highest BCUT2D eigenvalue weighted by Crippen LogP contribution is 2.39. The zero-order chi connectivity index (χ0) is 45.5. The Labute approximate surface area is 361 Å². The SMILES string of the molecule is COc1cc2nc(CCn3c(=O)n4n(c3=O)[C@@H]3Cn5c(=O)n(CCc6nc7cc(OC)c(OC)cc7n(C)c6=O)c(=O)n5[C@@H](c5ccc(O)c(C)c5)C3=CC4)c(=O)n(C)c2cc1OC. The molecular weight excluding hydrogens is 833 g/mol. The lowest BCUT2D eigenvalue weighted by Crippen LogP contribution is -2.47. The second-order valence-electron chi connectivity index (χ2n) is 15.7. The fourth-order valence-electron chi connectivity index (χ4n) is 8.96. The molecule has 0 saturated heterocycles. The number of hydrogen-bond donors (Lipinski definition) is 1. The summed E-state index contributed by atoms with van der Waals surface area (Å²) in [6.07, 6.45) is 1.63. The van der Waals surface area contributed by atoms with E-state index in [4.69, 9.17) is 18.9 Å². The van der Waals surface area contributed by atoms with Crippen molar-refractivity contribution in [1.29, 1.82) is 0 Å². The number of aryl methyl sites for hydroxylation is 5. The zero-order valence-electron chi connectivity index (χ0n) is 36.0. The maximum absolute atomic E-state index is 14.5. The molecule has 0 aliphatic carbocycles. The first-order chi connectivity index (χ1) is 30.7. The van der Waals surface area contributed by atoms with Gasteiger partial charge in [-0.15, -0.1) is 0 Å². The number of phenols is 1. The van der Waals surface area contributed by atoms with Crippen LogP contribution >= 0.6 is 0 Å². The van der Waals surface area contributed by atoms with Gasteiger partial charge in [-0.25, -0.2) is 57.0 Å². The maximum Gasteiger partial charge on any atom is 0.348 e. The Balaban J connectivity index is 1.10. The molecule has 4 aromatic heterocycles. The number of aromatic nitrogens is 10. The van der Waals surface area contributed by atoms with Crippen LogP contribution in [0.3, 0.4) is 0 Å². The molecule has 0 bridgehead atoms. The Morgan fingerprint density at radius 2 is 1.12 bits per heavy atom. The third-order valence-electron chi connectivity index (χ3n) is 12.3. The van der Waals surface area contributed by atoms with Gasteiger partial charge in [-0.05, 0) is 35.8 Å². The molecule has 0 fully saturated rings. The molecule has 64 heavy (non-hydrogen) atoms. The summed E-state index contributed by atoms with van der Waals surface area (Å²) >= 11 is 0. The molecule has 0 amide bonds. The van der Waals surface area contributed by atoms with E-state index in [0.29, 0.717) is 61.8 Å². The number of fused-ring (bicyclic) bond motifs is 6. The molecule has 3 aromatic carbocycles. The van der Waals surface area contributed by atoms with Gasteiger partial charge in [0.25, 0.3) is 11.1 Å². The molecule has 0 unspecified atom stereocenters. The van der Waals surface area contributed by atoms with Gasteiger partial charge in [0.1, 0.15) is 23.2 Å². The summed E-state index contributed by atoms with van der Waals surface area (Å²) in [7, 11) is 9.12. The third-order valence-corrected chi connectivity index (χ3v) is 12.3. The van der Waals surface area contributed by atoms with Gasteiger partial charge in [0.2, 0.25) is 0 Å². The molecule has 2 atom stereocenters. The average molecular weight is 877 g/mol. The van der Waals surface area contributed by atoms with Crippen LogP contribution in [0, 0.1) is 6.92 Å². The summed E-state index contributed by atoms with van der Waals surface area (Å²) in [5, 5.41) is 10.5. The molecule has 332 valence electrons. The van der Waals surface area contributed by atoms with E-state index in [1.807, 2.05) is 0 Å². The van der Waals surface area contributed by atoms with Crippen LogP contribution in [0.5, 0.6) is 28.7 Å². The fourth-order valence-corrected chi connectivity index (χ4v) is 8.96. The van der Waals surface area contributed by atoms with Crippen LogP contribution in [-0.2, 0) is 53.1 Å². The Hall–Kier alpha value is -7.84. The standard InChI is InChI=1S/C43H44N10O11/c1-22-16-23(8-9-32(22)54)37-24-10-15-50-40(57)48(13-11-25-38(55)46(2)29-19-35(63-6)33(61-4)17-27(29)44-25)42(59)52(50)31(24)21-51-41(58)49(43(60)53(37)51)14-12-26-39(56)47(3)30-20-36(64-7)34(62-5)18-28(30)45-26/h8-10,16-20,31,37,54H,11-15,21H2,1-7H3/t31-,37+/m1/s1. The first-order valence-corrected chi connectivity index (χ1v) is 20.3. The number of benzene rings is 3. The Morgan fingerprint density at radius 3 is 1.62 bits per heavy atom. The summed E-state index contributed by atoms with van der Waals surface area (Å²) in [4.78, 5) is 93.6. The molecule has 21 heteroatoms. The van der Waals surface area contributed by atoms with Gasteiger partial charge < -0.3 is 33.2 Å². The topological polar surface area (TPSA) is 225 Å². The van der Waals surface area contributed by atoms with Crippen molar-refractivity contribution in [2.24, 2.45) is 14.1 Å². The van der Waals surface area contributed by atoms with Crippen LogP contribution in [0.2, 0.25) is 0 Å². The molecule has 0 radical (unpaired) electrons.